The Kier molecular flexibility index (Phi) is 7.57. The minimum Gasteiger partial charge on any atom is -0.507 e. The molecule has 1 heterocycles. The number of halogens is 1. The molecule has 198 valence electrons. The molecule has 0 spiro atoms. The van der Waals surface area contributed by atoms with Crippen molar-refractivity contribution in [3.8, 4) is 23.0 Å². The molecule has 0 bridgehead atoms. The SMILES string of the molecule is COc1cc(C2/C(=C(\O)c3cccc(OC(C)C)c3)C(=O)C(=O)N2c2ccc(F)cc2)cc(OC)c1OC. The molecule has 1 atom stereocenters. The summed E-state index contributed by atoms with van der Waals surface area (Å²) in [6.07, 6.45) is -0.115. The minimum atomic E-state index is -1.09. The van der Waals surface area contributed by atoms with Crippen LogP contribution in [0.15, 0.2) is 66.2 Å². The van der Waals surface area contributed by atoms with Gasteiger partial charge in [0.15, 0.2) is 11.5 Å². The van der Waals surface area contributed by atoms with E-state index in [1.165, 1.54) is 50.5 Å². The van der Waals surface area contributed by atoms with E-state index in [-0.39, 0.29) is 28.7 Å². The van der Waals surface area contributed by atoms with E-state index in [2.05, 4.69) is 0 Å². The number of benzene rings is 3. The third kappa shape index (κ3) is 4.87. The Hall–Kier alpha value is -4.53. The number of carbonyl (C=O) groups is 2. The fourth-order valence-electron chi connectivity index (χ4n) is 4.42. The van der Waals surface area contributed by atoms with Crippen molar-refractivity contribution in [2.24, 2.45) is 0 Å². The number of ketones is 1. The van der Waals surface area contributed by atoms with Gasteiger partial charge in [-0.3, -0.25) is 14.5 Å². The van der Waals surface area contributed by atoms with Crippen LogP contribution in [0.4, 0.5) is 10.1 Å². The maximum absolute atomic E-state index is 13.7. The van der Waals surface area contributed by atoms with Crippen molar-refractivity contribution < 1.29 is 38.0 Å². The van der Waals surface area contributed by atoms with Gasteiger partial charge in [0.05, 0.1) is 39.0 Å². The Morgan fingerprint density at radius 3 is 2.11 bits per heavy atom. The lowest BCUT2D eigenvalue weighted by atomic mass is 9.94. The second-order valence-electron chi connectivity index (χ2n) is 8.80. The first-order valence-electron chi connectivity index (χ1n) is 11.8. The van der Waals surface area contributed by atoms with E-state index in [0.29, 0.717) is 28.6 Å². The summed E-state index contributed by atoms with van der Waals surface area (Å²) < 4.78 is 35.8. The lowest BCUT2D eigenvalue weighted by Crippen LogP contribution is -2.29. The Bertz CT molecular complexity index is 1370. The van der Waals surface area contributed by atoms with Crippen LogP contribution in [-0.2, 0) is 9.59 Å². The van der Waals surface area contributed by atoms with Crippen molar-refractivity contribution in [3.05, 3.63) is 83.2 Å². The number of methoxy groups -OCH3 is 3. The topological polar surface area (TPSA) is 94.5 Å². The molecular weight excluding hydrogens is 493 g/mol. The molecule has 38 heavy (non-hydrogen) atoms. The number of hydrogen-bond acceptors (Lipinski definition) is 7. The Morgan fingerprint density at radius 1 is 0.921 bits per heavy atom. The van der Waals surface area contributed by atoms with E-state index in [9.17, 15) is 19.1 Å². The summed E-state index contributed by atoms with van der Waals surface area (Å²) in [6.45, 7) is 3.73. The normalized spacial score (nSPS) is 16.6. The molecule has 1 unspecified atom stereocenters. The van der Waals surface area contributed by atoms with Crippen LogP contribution in [0.2, 0.25) is 0 Å². The van der Waals surface area contributed by atoms with E-state index < -0.39 is 23.5 Å². The van der Waals surface area contributed by atoms with Gasteiger partial charge in [0, 0.05) is 11.3 Å². The van der Waals surface area contributed by atoms with Gasteiger partial charge in [-0.05, 0) is 67.9 Å². The second kappa shape index (κ2) is 10.8. The molecule has 1 fully saturated rings. The van der Waals surface area contributed by atoms with E-state index in [1.54, 1.807) is 36.4 Å². The highest BCUT2D eigenvalue weighted by Gasteiger charge is 2.47. The first-order valence-corrected chi connectivity index (χ1v) is 11.8. The van der Waals surface area contributed by atoms with Crippen molar-refractivity contribution in [1.29, 1.82) is 0 Å². The van der Waals surface area contributed by atoms with Crippen molar-refractivity contribution in [3.63, 3.8) is 0 Å². The van der Waals surface area contributed by atoms with E-state index in [0.717, 1.165) is 0 Å². The molecule has 1 aliphatic heterocycles. The molecule has 4 rings (SSSR count). The summed E-state index contributed by atoms with van der Waals surface area (Å²) in [4.78, 5) is 28.0. The number of anilines is 1. The Labute approximate surface area is 219 Å². The zero-order chi connectivity index (χ0) is 27.6. The minimum absolute atomic E-state index is 0.115. The zero-order valence-electron chi connectivity index (χ0n) is 21.7. The molecule has 0 aromatic heterocycles. The number of aliphatic hydroxyl groups excluding tert-OH is 1. The fraction of sp³-hybridized carbons (Fsp3) is 0.241. The van der Waals surface area contributed by atoms with Crippen molar-refractivity contribution in [1.82, 2.24) is 0 Å². The standard InChI is InChI=1S/C29H28FNO7/c1-16(2)38-21-8-6-7-17(13-21)26(32)24-25(18-14-22(35-3)28(37-5)23(15-18)36-4)31(29(34)27(24)33)20-11-9-19(30)10-12-20/h6-16,25,32H,1-5H3/b26-24+. The highest BCUT2D eigenvalue weighted by molar-refractivity contribution is 6.51. The predicted octanol–water partition coefficient (Wildman–Crippen LogP) is 5.27. The molecule has 1 amide bonds. The van der Waals surface area contributed by atoms with Crippen molar-refractivity contribution >= 4 is 23.1 Å². The van der Waals surface area contributed by atoms with Crippen LogP contribution >= 0.6 is 0 Å². The van der Waals surface area contributed by atoms with Gasteiger partial charge in [-0.15, -0.1) is 0 Å². The smallest absolute Gasteiger partial charge is 0.300 e. The molecule has 0 aliphatic carbocycles. The summed E-state index contributed by atoms with van der Waals surface area (Å²) in [6, 6.07) is 13.9. The lowest BCUT2D eigenvalue weighted by molar-refractivity contribution is -0.132. The molecule has 9 heteroatoms. The Morgan fingerprint density at radius 2 is 1.55 bits per heavy atom. The van der Waals surface area contributed by atoms with Gasteiger partial charge in [-0.1, -0.05) is 12.1 Å². The molecule has 0 saturated carbocycles. The Balaban J connectivity index is 1.98. The van der Waals surface area contributed by atoms with E-state index in [4.69, 9.17) is 18.9 Å². The lowest BCUT2D eigenvalue weighted by Gasteiger charge is -2.26. The first-order chi connectivity index (χ1) is 18.2. The van der Waals surface area contributed by atoms with Crippen LogP contribution in [0.1, 0.15) is 31.0 Å². The third-order valence-electron chi connectivity index (χ3n) is 6.03. The number of nitrogens with zero attached hydrogens (tertiary/aromatic N) is 1. The monoisotopic (exact) mass is 521 g/mol. The van der Waals surface area contributed by atoms with Gasteiger partial charge in [0.2, 0.25) is 5.75 Å². The average molecular weight is 522 g/mol. The van der Waals surface area contributed by atoms with Gasteiger partial charge in [-0.2, -0.15) is 0 Å². The number of rotatable bonds is 8. The fourth-order valence-corrected chi connectivity index (χ4v) is 4.42. The zero-order valence-corrected chi connectivity index (χ0v) is 21.7. The quantitative estimate of drug-likeness (QED) is 0.245. The number of hydrogen-bond donors (Lipinski definition) is 1. The summed E-state index contributed by atoms with van der Waals surface area (Å²) in [7, 11) is 4.34. The molecule has 8 nitrogen and oxygen atoms in total. The van der Waals surface area contributed by atoms with Crippen molar-refractivity contribution in [2.45, 2.75) is 26.0 Å². The molecule has 1 N–H and O–H groups in total. The average Bonchev–Trinajstić information content (AvgIpc) is 3.17. The maximum atomic E-state index is 13.7. The first kappa shape index (κ1) is 26.5. The maximum Gasteiger partial charge on any atom is 0.300 e. The molecule has 0 radical (unpaired) electrons. The van der Waals surface area contributed by atoms with Crippen LogP contribution in [-0.4, -0.2) is 44.2 Å². The highest BCUT2D eigenvalue weighted by Crippen LogP contribution is 2.47. The number of Topliss-reactive ketones (excluding diaryl/α,β-unsaturated/α-hetero) is 1. The van der Waals surface area contributed by atoms with Gasteiger partial charge in [-0.25, -0.2) is 4.39 Å². The number of aliphatic hydroxyl groups is 1. The number of carbonyl (C=O) groups excluding carboxylic acids is 2. The van der Waals surface area contributed by atoms with Crippen LogP contribution in [0, 0.1) is 5.82 Å². The van der Waals surface area contributed by atoms with Crippen LogP contribution in [0.3, 0.4) is 0 Å². The summed E-state index contributed by atoms with van der Waals surface area (Å²) in [5.41, 5.74) is 0.801. The van der Waals surface area contributed by atoms with E-state index in [1.807, 2.05) is 13.8 Å². The van der Waals surface area contributed by atoms with Gasteiger partial charge in [0.25, 0.3) is 11.7 Å². The van der Waals surface area contributed by atoms with Gasteiger partial charge in [0.1, 0.15) is 17.3 Å². The number of amides is 1. The third-order valence-corrected chi connectivity index (χ3v) is 6.03. The molecule has 1 aliphatic rings. The molecule has 3 aromatic rings. The van der Waals surface area contributed by atoms with Crippen LogP contribution in [0.5, 0.6) is 23.0 Å². The molecule has 1 saturated heterocycles. The predicted molar refractivity (Wildman–Crippen MR) is 139 cm³/mol. The van der Waals surface area contributed by atoms with Gasteiger partial charge >= 0.3 is 0 Å². The number of ether oxygens (including phenoxy) is 4. The van der Waals surface area contributed by atoms with Crippen LogP contribution in [0.25, 0.3) is 5.76 Å². The largest absolute Gasteiger partial charge is 0.507 e. The summed E-state index contributed by atoms with van der Waals surface area (Å²) >= 11 is 0. The van der Waals surface area contributed by atoms with E-state index >= 15 is 0 Å². The molecule has 3 aromatic carbocycles. The highest BCUT2D eigenvalue weighted by atomic mass is 19.1. The summed E-state index contributed by atoms with van der Waals surface area (Å²) in [5.74, 6) is -1.29. The van der Waals surface area contributed by atoms with Gasteiger partial charge < -0.3 is 24.1 Å². The van der Waals surface area contributed by atoms with Crippen LogP contribution < -0.4 is 23.8 Å². The molecular formula is C29H28FNO7. The summed E-state index contributed by atoms with van der Waals surface area (Å²) in [5, 5.41) is 11.4. The second-order valence-corrected chi connectivity index (χ2v) is 8.80. The van der Waals surface area contributed by atoms with Crippen molar-refractivity contribution in [2.75, 3.05) is 26.2 Å².